The molecule has 9 heteroatoms. The number of methoxy groups -OCH3 is 2. The Kier molecular flexibility index (Phi) is 24.6. The summed E-state index contributed by atoms with van der Waals surface area (Å²) in [5.74, 6) is 0.165. The maximum atomic E-state index is 7.50. The van der Waals surface area contributed by atoms with Gasteiger partial charge in [0.05, 0.1) is 19.8 Å². The molecule has 0 bridgehead atoms. The van der Waals surface area contributed by atoms with Gasteiger partial charge in [0.25, 0.3) is 0 Å². The van der Waals surface area contributed by atoms with E-state index in [9.17, 15) is 0 Å². The molecular weight excluding hydrogens is 484 g/mol. The van der Waals surface area contributed by atoms with E-state index in [4.69, 9.17) is 37.6 Å². The first-order valence-corrected chi connectivity index (χ1v) is 9.99. The fourth-order valence-corrected chi connectivity index (χ4v) is 3.21. The molecule has 188 valence electrons. The van der Waals surface area contributed by atoms with Gasteiger partial charge in [-0.15, -0.1) is 0 Å². The topological polar surface area (TPSA) is 106 Å². The van der Waals surface area contributed by atoms with Gasteiger partial charge >= 0.3 is 33.9 Å². The molecule has 0 radical (unpaired) electrons. The van der Waals surface area contributed by atoms with Crippen molar-refractivity contribution in [2.45, 2.75) is 57.9 Å². The Bertz CT molecular complexity index is 741. The standard InChI is InChI=1S/C22H32O5.3CO.Fe/c1-6-7-8-13-19-21(24-5)20(27-22(2,3)26-19)14-15-25-16-17-11-9-10-12-18(17)23-4;3*1-2;/h6-13,19-21H,14-16H2,1-5H3;;;;/b7-6+,13-8+;;;;/t19-,20+,21+;;;;/m0..../s1. The Morgan fingerprint density at radius 3 is 2.18 bits per heavy atom. The van der Waals surface area contributed by atoms with Crippen LogP contribution in [-0.4, -0.2) is 44.9 Å². The molecular formula is C25H32FeO8. The summed E-state index contributed by atoms with van der Waals surface area (Å²) in [6.07, 6.45) is 8.19. The normalized spacial score (nSPS) is 20.3. The molecule has 0 unspecified atom stereocenters. The number of rotatable bonds is 9. The van der Waals surface area contributed by atoms with E-state index in [0.29, 0.717) is 19.6 Å². The number of ether oxygens (including phenoxy) is 5. The summed E-state index contributed by atoms with van der Waals surface area (Å²) in [5, 5.41) is 0. The molecule has 1 aromatic carbocycles. The van der Waals surface area contributed by atoms with Gasteiger partial charge < -0.3 is 23.7 Å². The van der Waals surface area contributed by atoms with Crippen LogP contribution in [0.25, 0.3) is 0 Å². The zero-order chi connectivity index (χ0) is 25.7. The number of para-hydroxylation sites is 1. The average Bonchev–Trinajstić information content (AvgIpc) is 2.85. The van der Waals surface area contributed by atoms with Gasteiger partial charge in [0.2, 0.25) is 0 Å². The summed E-state index contributed by atoms with van der Waals surface area (Å²) >= 11 is 0. The van der Waals surface area contributed by atoms with Gasteiger partial charge in [0, 0.05) is 36.3 Å². The SMILES string of the molecule is C/C=C/C=C/[C@@H]1OC(C)(C)O[C@H](CCOCc2ccccc2OC)[C@@H]1OC.[C-]#[O+].[C-]#[O+].[C-]#[O+].[Fe]. The van der Waals surface area contributed by atoms with Crippen molar-refractivity contribution in [3.8, 4) is 5.75 Å². The third kappa shape index (κ3) is 13.7. The molecule has 34 heavy (non-hydrogen) atoms. The first-order chi connectivity index (χ1) is 16.0. The van der Waals surface area contributed by atoms with E-state index >= 15 is 0 Å². The Labute approximate surface area is 213 Å². The molecule has 1 heterocycles. The summed E-state index contributed by atoms with van der Waals surface area (Å²) in [6, 6.07) is 7.87. The minimum atomic E-state index is -0.673. The van der Waals surface area contributed by atoms with Crippen LogP contribution in [0, 0.1) is 20.0 Å². The molecule has 1 saturated heterocycles. The quantitative estimate of drug-likeness (QED) is 0.161. The Morgan fingerprint density at radius 1 is 1.00 bits per heavy atom. The molecule has 1 aliphatic rings. The smallest absolute Gasteiger partial charge is 0 e. The number of hydrogen-bond acceptors (Lipinski definition) is 5. The van der Waals surface area contributed by atoms with Crippen molar-refractivity contribution in [1.82, 2.24) is 0 Å². The third-order valence-corrected chi connectivity index (χ3v) is 4.42. The Morgan fingerprint density at radius 2 is 1.62 bits per heavy atom. The predicted octanol–water partition coefficient (Wildman–Crippen LogP) is 4.15. The van der Waals surface area contributed by atoms with Crippen LogP contribution >= 0.6 is 0 Å². The van der Waals surface area contributed by atoms with Gasteiger partial charge in [-0.3, -0.25) is 0 Å². The number of hydrogen-bond donors (Lipinski definition) is 0. The van der Waals surface area contributed by atoms with Gasteiger partial charge in [-0.05, 0) is 33.3 Å². The van der Waals surface area contributed by atoms with Crippen molar-refractivity contribution < 1.29 is 54.7 Å². The number of benzene rings is 1. The summed E-state index contributed by atoms with van der Waals surface area (Å²) < 4.78 is 51.6. The number of allylic oxidation sites excluding steroid dienone is 3. The molecule has 0 aromatic heterocycles. The monoisotopic (exact) mass is 516 g/mol. The Hall–Kier alpha value is -1.92. The first-order valence-electron chi connectivity index (χ1n) is 9.99. The Balaban J connectivity index is -0.00000127. The molecule has 3 atom stereocenters. The fraction of sp³-hybridized carbons (Fsp3) is 0.480. The molecule has 0 amide bonds. The van der Waals surface area contributed by atoms with E-state index in [1.165, 1.54) is 0 Å². The van der Waals surface area contributed by atoms with E-state index in [2.05, 4.69) is 20.0 Å². The van der Waals surface area contributed by atoms with Crippen LogP contribution in [0.4, 0.5) is 0 Å². The van der Waals surface area contributed by atoms with Gasteiger partial charge in [-0.2, -0.15) is 0 Å². The zero-order valence-corrected chi connectivity index (χ0v) is 21.2. The van der Waals surface area contributed by atoms with Gasteiger partial charge in [-0.1, -0.05) is 42.5 Å². The van der Waals surface area contributed by atoms with Crippen LogP contribution in [0.1, 0.15) is 32.8 Å². The predicted molar refractivity (Wildman–Crippen MR) is 118 cm³/mol. The molecule has 1 fully saturated rings. The first kappa shape index (κ1) is 36.6. The second-order valence-electron chi connectivity index (χ2n) is 6.90. The van der Waals surface area contributed by atoms with Crippen LogP contribution in [0.5, 0.6) is 5.75 Å². The van der Waals surface area contributed by atoms with E-state index < -0.39 is 5.79 Å². The minimum Gasteiger partial charge on any atom is 0 e. The summed E-state index contributed by atoms with van der Waals surface area (Å²) in [7, 11) is 3.36. The molecule has 1 aromatic rings. The molecule has 8 nitrogen and oxygen atoms in total. The van der Waals surface area contributed by atoms with Gasteiger partial charge in [0.1, 0.15) is 18.0 Å². The average molecular weight is 516 g/mol. The van der Waals surface area contributed by atoms with E-state index in [-0.39, 0.29) is 35.4 Å². The van der Waals surface area contributed by atoms with Crippen molar-refractivity contribution >= 4 is 0 Å². The molecule has 2 rings (SSSR count). The second kappa shape index (κ2) is 22.9. The second-order valence-corrected chi connectivity index (χ2v) is 6.90. The van der Waals surface area contributed by atoms with Crippen LogP contribution in [0.15, 0.2) is 48.6 Å². The van der Waals surface area contributed by atoms with Crippen LogP contribution in [0.3, 0.4) is 0 Å². The summed E-state index contributed by atoms with van der Waals surface area (Å²) in [5.41, 5.74) is 1.03. The zero-order valence-electron chi connectivity index (χ0n) is 20.1. The molecule has 0 N–H and O–H groups in total. The van der Waals surface area contributed by atoms with Crippen LogP contribution in [0.2, 0.25) is 0 Å². The van der Waals surface area contributed by atoms with E-state index in [1.807, 2.05) is 69.3 Å². The van der Waals surface area contributed by atoms with E-state index in [1.54, 1.807) is 14.2 Å². The molecule has 1 aliphatic heterocycles. The van der Waals surface area contributed by atoms with Crippen molar-refractivity contribution in [2.24, 2.45) is 0 Å². The van der Waals surface area contributed by atoms with Crippen LogP contribution < -0.4 is 4.74 Å². The van der Waals surface area contributed by atoms with Crippen molar-refractivity contribution in [2.75, 3.05) is 20.8 Å². The minimum absolute atomic E-state index is 0. The molecule has 0 spiro atoms. The maximum Gasteiger partial charge on any atom is 0 e. The van der Waals surface area contributed by atoms with Crippen molar-refractivity contribution in [1.29, 1.82) is 0 Å². The molecule has 0 saturated carbocycles. The van der Waals surface area contributed by atoms with Crippen molar-refractivity contribution in [3.05, 3.63) is 74.1 Å². The molecule has 0 aliphatic carbocycles. The summed E-state index contributed by atoms with van der Waals surface area (Å²) in [4.78, 5) is 0. The maximum absolute atomic E-state index is 7.50. The fourth-order valence-electron chi connectivity index (χ4n) is 3.21. The van der Waals surface area contributed by atoms with Crippen molar-refractivity contribution in [3.63, 3.8) is 0 Å². The van der Waals surface area contributed by atoms with Crippen LogP contribution in [-0.2, 0) is 56.6 Å². The largest absolute Gasteiger partial charge is 0 e. The van der Waals surface area contributed by atoms with Gasteiger partial charge in [-0.25, -0.2) is 0 Å². The van der Waals surface area contributed by atoms with Gasteiger partial charge in [0.15, 0.2) is 5.79 Å². The summed E-state index contributed by atoms with van der Waals surface area (Å²) in [6.45, 7) is 20.4. The third-order valence-electron chi connectivity index (χ3n) is 4.42. The van der Waals surface area contributed by atoms with E-state index in [0.717, 1.165) is 11.3 Å².